The summed E-state index contributed by atoms with van der Waals surface area (Å²) in [6.07, 6.45) is 0. The van der Waals surface area contributed by atoms with Crippen molar-refractivity contribution in [3.8, 4) is 17.2 Å². The number of rotatable bonds is 2. The summed E-state index contributed by atoms with van der Waals surface area (Å²) >= 11 is 10.7. The van der Waals surface area contributed by atoms with Crippen LogP contribution in [0, 0.1) is 0 Å². The Bertz CT molecular complexity index is 404. The van der Waals surface area contributed by atoms with Gasteiger partial charge in [0.15, 0.2) is 23.0 Å². The third-order valence-electron chi connectivity index (χ3n) is 1.80. The van der Waals surface area contributed by atoms with E-state index in [1.807, 2.05) is 0 Å². The molecule has 0 radical (unpaired) electrons. The van der Waals surface area contributed by atoms with E-state index < -0.39 is 45.2 Å². The maximum Gasteiger partial charge on any atom is 0.183 e. The fourth-order valence-electron chi connectivity index (χ4n) is 1.05. The van der Waals surface area contributed by atoms with Gasteiger partial charge in [0.1, 0.15) is 5.02 Å². The number of ketones is 1. The van der Waals surface area contributed by atoms with Crippen LogP contribution in [0.5, 0.6) is 17.2 Å². The molecular weight excluding hydrogens is 245 g/mol. The number of alkyl halides is 1. The average Bonchev–Trinajstić information content (AvgIpc) is 2.23. The van der Waals surface area contributed by atoms with Gasteiger partial charge >= 0.3 is 0 Å². The molecule has 0 unspecified atom stereocenters. The molecule has 82 valence electrons. The predicted molar refractivity (Wildman–Crippen MR) is 55.9 cm³/mol. The molecule has 0 heterocycles. The first-order valence-electron chi connectivity index (χ1n) is 3.72. The van der Waals surface area contributed by atoms with Crippen molar-refractivity contribution in [2.45, 2.75) is 0 Å². The van der Waals surface area contributed by atoms with E-state index in [0.29, 0.717) is 0 Å². The SMILES string of the molecule is Nc1c(O)c(Cl)c(O)c(O)c1C(=O)CCl. The number of carbonyl (C=O) groups is 1. The summed E-state index contributed by atoms with van der Waals surface area (Å²) in [5, 5.41) is 27.4. The number of nitrogens with two attached hydrogens (primary N) is 1. The van der Waals surface area contributed by atoms with Gasteiger partial charge in [-0.15, -0.1) is 11.6 Å². The number of carbonyl (C=O) groups excluding carboxylic acids is 1. The molecule has 0 aliphatic carbocycles. The number of nitrogen functional groups attached to an aromatic ring is 1. The molecule has 1 aromatic carbocycles. The maximum atomic E-state index is 11.2. The summed E-state index contributed by atoms with van der Waals surface area (Å²) in [7, 11) is 0. The molecule has 7 heteroatoms. The Morgan fingerprint density at radius 2 is 1.73 bits per heavy atom. The number of hydrogen-bond donors (Lipinski definition) is 4. The minimum absolute atomic E-state index is 0.416. The topological polar surface area (TPSA) is 104 Å². The molecule has 0 aliphatic heterocycles. The van der Waals surface area contributed by atoms with Crippen molar-refractivity contribution >= 4 is 34.7 Å². The number of phenolic OH excluding ortho intramolecular Hbond substituents is 3. The second kappa shape index (κ2) is 4.04. The lowest BCUT2D eigenvalue weighted by atomic mass is 10.1. The summed E-state index contributed by atoms with van der Waals surface area (Å²) in [6.45, 7) is 0. The number of phenols is 3. The zero-order valence-electron chi connectivity index (χ0n) is 7.29. The van der Waals surface area contributed by atoms with Crippen LogP contribution < -0.4 is 5.73 Å². The lowest BCUT2D eigenvalue weighted by Gasteiger charge is -2.11. The van der Waals surface area contributed by atoms with Gasteiger partial charge < -0.3 is 21.1 Å². The van der Waals surface area contributed by atoms with E-state index in [-0.39, 0.29) is 0 Å². The summed E-state index contributed by atoms with van der Waals surface area (Å²) in [4.78, 5) is 11.2. The summed E-state index contributed by atoms with van der Waals surface area (Å²) in [5.74, 6) is -3.44. The molecule has 5 nitrogen and oxygen atoms in total. The predicted octanol–water partition coefficient (Wildman–Crippen LogP) is 1.46. The van der Waals surface area contributed by atoms with Crippen molar-refractivity contribution in [3.05, 3.63) is 10.6 Å². The van der Waals surface area contributed by atoms with Gasteiger partial charge in [0, 0.05) is 0 Å². The highest BCUT2D eigenvalue weighted by molar-refractivity contribution is 6.36. The fourth-order valence-corrected chi connectivity index (χ4v) is 1.37. The first-order valence-corrected chi connectivity index (χ1v) is 4.64. The molecule has 0 fully saturated rings. The molecule has 1 aromatic rings. The van der Waals surface area contributed by atoms with Crippen molar-refractivity contribution in [2.75, 3.05) is 11.6 Å². The molecule has 0 aliphatic rings. The number of hydrogen-bond acceptors (Lipinski definition) is 5. The highest BCUT2D eigenvalue weighted by Gasteiger charge is 2.24. The lowest BCUT2D eigenvalue weighted by molar-refractivity contribution is 0.101. The molecule has 0 saturated heterocycles. The van der Waals surface area contributed by atoms with Gasteiger partial charge in [0.25, 0.3) is 0 Å². The van der Waals surface area contributed by atoms with E-state index in [1.54, 1.807) is 0 Å². The van der Waals surface area contributed by atoms with Crippen LogP contribution in [0.25, 0.3) is 0 Å². The van der Waals surface area contributed by atoms with Gasteiger partial charge in [-0.2, -0.15) is 0 Å². The van der Waals surface area contributed by atoms with Gasteiger partial charge in [-0.05, 0) is 0 Å². The van der Waals surface area contributed by atoms with Crippen molar-refractivity contribution in [3.63, 3.8) is 0 Å². The van der Waals surface area contributed by atoms with E-state index >= 15 is 0 Å². The zero-order valence-corrected chi connectivity index (χ0v) is 8.80. The van der Waals surface area contributed by atoms with Crippen LogP contribution in [0.1, 0.15) is 10.4 Å². The molecular formula is C8H7Cl2NO4. The Morgan fingerprint density at radius 1 is 1.20 bits per heavy atom. The van der Waals surface area contributed by atoms with E-state index in [0.717, 1.165) is 0 Å². The van der Waals surface area contributed by atoms with E-state index in [9.17, 15) is 20.1 Å². The van der Waals surface area contributed by atoms with Crippen molar-refractivity contribution in [2.24, 2.45) is 0 Å². The minimum Gasteiger partial charge on any atom is -0.504 e. The number of anilines is 1. The fraction of sp³-hybridized carbons (Fsp3) is 0.125. The smallest absolute Gasteiger partial charge is 0.183 e. The molecule has 1 rings (SSSR count). The molecule has 0 saturated carbocycles. The van der Waals surface area contributed by atoms with Crippen LogP contribution in [-0.4, -0.2) is 27.0 Å². The lowest BCUT2D eigenvalue weighted by Crippen LogP contribution is -2.06. The highest BCUT2D eigenvalue weighted by atomic mass is 35.5. The van der Waals surface area contributed by atoms with E-state index in [4.69, 9.17) is 28.9 Å². The van der Waals surface area contributed by atoms with E-state index in [2.05, 4.69) is 0 Å². The third-order valence-corrected chi connectivity index (χ3v) is 2.40. The first-order chi connectivity index (χ1) is 6.91. The molecule has 5 N–H and O–H groups in total. The number of Topliss-reactive ketones (excluding diaryl/α,β-unsaturated/α-hetero) is 1. The molecule has 0 atom stereocenters. The Kier molecular flexibility index (Phi) is 3.16. The van der Waals surface area contributed by atoms with Crippen molar-refractivity contribution in [1.82, 2.24) is 0 Å². The van der Waals surface area contributed by atoms with E-state index in [1.165, 1.54) is 0 Å². The number of halogens is 2. The Labute approximate surface area is 94.7 Å². The second-order valence-electron chi connectivity index (χ2n) is 2.71. The van der Waals surface area contributed by atoms with Crippen LogP contribution in [0.2, 0.25) is 5.02 Å². The summed E-state index contributed by atoms with van der Waals surface area (Å²) in [6, 6.07) is 0. The highest BCUT2D eigenvalue weighted by Crippen LogP contribution is 2.47. The van der Waals surface area contributed by atoms with Gasteiger partial charge in [-0.1, -0.05) is 11.6 Å². The van der Waals surface area contributed by atoms with Crippen LogP contribution in [0.3, 0.4) is 0 Å². The van der Waals surface area contributed by atoms with Gasteiger partial charge in [0.2, 0.25) is 0 Å². The van der Waals surface area contributed by atoms with Crippen molar-refractivity contribution in [1.29, 1.82) is 0 Å². The van der Waals surface area contributed by atoms with Crippen LogP contribution in [0.4, 0.5) is 5.69 Å². The van der Waals surface area contributed by atoms with Gasteiger partial charge in [0.05, 0.1) is 17.1 Å². The normalized spacial score (nSPS) is 10.3. The standard InChI is InChI=1S/C8H7Cl2NO4/c9-1-2(12)3-5(11)7(14)4(10)8(15)6(3)13/h13-15H,1,11H2. The zero-order chi connectivity index (χ0) is 11.7. The third kappa shape index (κ3) is 1.75. The molecule has 0 spiro atoms. The molecule has 15 heavy (non-hydrogen) atoms. The van der Waals surface area contributed by atoms with Gasteiger partial charge in [-0.25, -0.2) is 0 Å². The Balaban J connectivity index is 3.60. The minimum atomic E-state index is -0.808. The van der Waals surface area contributed by atoms with Crippen LogP contribution >= 0.6 is 23.2 Å². The van der Waals surface area contributed by atoms with Gasteiger partial charge in [-0.3, -0.25) is 4.79 Å². The van der Waals surface area contributed by atoms with Crippen LogP contribution in [0.15, 0.2) is 0 Å². The first kappa shape index (κ1) is 11.7. The maximum absolute atomic E-state index is 11.2. The monoisotopic (exact) mass is 251 g/mol. The Hall–Kier alpha value is -1.33. The Morgan fingerprint density at radius 3 is 2.20 bits per heavy atom. The number of benzene rings is 1. The average molecular weight is 252 g/mol. The second-order valence-corrected chi connectivity index (χ2v) is 3.35. The largest absolute Gasteiger partial charge is 0.504 e. The molecule has 0 bridgehead atoms. The molecule has 0 amide bonds. The quantitative estimate of drug-likeness (QED) is 0.210. The number of aromatic hydroxyl groups is 3. The van der Waals surface area contributed by atoms with Crippen molar-refractivity contribution < 1.29 is 20.1 Å². The summed E-state index contributed by atoms with van der Waals surface area (Å²) in [5.41, 5.74) is 4.49. The molecule has 0 aromatic heterocycles. The summed E-state index contributed by atoms with van der Waals surface area (Å²) < 4.78 is 0. The van der Waals surface area contributed by atoms with Crippen LogP contribution in [-0.2, 0) is 0 Å².